The van der Waals surface area contributed by atoms with E-state index in [1.165, 1.54) is 0 Å². The molecule has 0 bridgehead atoms. The standard InChI is InChI=1S/C22H40N4O12/c27-14-16-21(35)22(36)20(34)15(38-16)1-10-37-26-8-6-24(12-18(30)31)4-2-23(11-17(28)29)3-5-25(7-9-26)13-19(32)33/h15-16,20-22,27,34-36H,1-14H2,(H,28,29)(H,30,31)(H,32,33)/t15-,16+,20-,21-,22+/m0/s1. The maximum atomic E-state index is 11.4. The van der Waals surface area contributed by atoms with Crippen LogP contribution in [0.5, 0.6) is 0 Å². The van der Waals surface area contributed by atoms with Crippen LogP contribution in [0.15, 0.2) is 0 Å². The molecule has 0 unspecified atom stereocenters. The summed E-state index contributed by atoms with van der Waals surface area (Å²) in [6.07, 6.45) is -6.19. The number of aliphatic hydroxyl groups excluding tert-OH is 4. The van der Waals surface area contributed by atoms with Crippen LogP contribution in [0.4, 0.5) is 0 Å². The molecule has 0 amide bonds. The highest BCUT2D eigenvalue weighted by Crippen LogP contribution is 2.23. The minimum atomic E-state index is -1.50. The van der Waals surface area contributed by atoms with Crippen molar-refractivity contribution in [2.45, 2.75) is 36.9 Å². The Morgan fingerprint density at radius 3 is 1.45 bits per heavy atom. The van der Waals surface area contributed by atoms with Gasteiger partial charge in [-0.3, -0.25) is 33.9 Å². The van der Waals surface area contributed by atoms with E-state index >= 15 is 0 Å². The average Bonchev–Trinajstić information content (AvgIpc) is 2.84. The highest BCUT2D eigenvalue weighted by Gasteiger charge is 2.43. The maximum Gasteiger partial charge on any atom is 0.317 e. The van der Waals surface area contributed by atoms with Gasteiger partial charge < -0.3 is 40.5 Å². The fourth-order valence-corrected chi connectivity index (χ4v) is 4.41. The van der Waals surface area contributed by atoms with E-state index in [1.54, 1.807) is 19.8 Å². The second kappa shape index (κ2) is 16.2. The molecule has 0 aromatic heterocycles. The normalized spacial score (nSPS) is 29.8. The monoisotopic (exact) mass is 552 g/mol. The number of nitrogens with zero attached hydrogens (tertiary/aromatic N) is 4. The predicted octanol–water partition coefficient (Wildman–Crippen LogP) is -4.37. The molecule has 16 nitrogen and oxygen atoms in total. The van der Waals surface area contributed by atoms with Gasteiger partial charge in [0.05, 0.1) is 39.0 Å². The maximum absolute atomic E-state index is 11.4. The molecule has 38 heavy (non-hydrogen) atoms. The van der Waals surface area contributed by atoms with Crippen molar-refractivity contribution in [2.24, 2.45) is 0 Å². The quantitative estimate of drug-likeness (QED) is 0.128. The summed E-state index contributed by atoms with van der Waals surface area (Å²) in [5.41, 5.74) is 0. The Labute approximate surface area is 220 Å². The molecule has 7 N–H and O–H groups in total. The molecule has 2 rings (SSSR count). The van der Waals surface area contributed by atoms with E-state index in [9.17, 15) is 50.1 Å². The second-order valence-corrected chi connectivity index (χ2v) is 9.43. The number of carbonyl (C=O) groups is 3. The van der Waals surface area contributed by atoms with E-state index in [-0.39, 0.29) is 85.0 Å². The molecule has 0 aromatic rings. The number of aliphatic hydroxyl groups is 4. The molecule has 0 radical (unpaired) electrons. The van der Waals surface area contributed by atoms with E-state index in [4.69, 9.17) is 9.57 Å². The third-order valence-electron chi connectivity index (χ3n) is 6.54. The highest BCUT2D eigenvalue weighted by molar-refractivity contribution is 5.69. The third kappa shape index (κ3) is 11.0. The average molecular weight is 553 g/mol. The second-order valence-electron chi connectivity index (χ2n) is 9.43. The summed E-state index contributed by atoms with van der Waals surface area (Å²) < 4.78 is 5.49. The molecule has 2 aliphatic rings. The lowest BCUT2D eigenvalue weighted by Crippen LogP contribution is -2.58. The van der Waals surface area contributed by atoms with Crippen LogP contribution < -0.4 is 0 Å². The minimum Gasteiger partial charge on any atom is -0.480 e. The van der Waals surface area contributed by atoms with E-state index in [0.29, 0.717) is 0 Å². The Bertz CT molecular complexity index is 728. The molecular formula is C22H40N4O12. The van der Waals surface area contributed by atoms with Crippen molar-refractivity contribution >= 4 is 17.9 Å². The lowest BCUT2D eigenvalue weighted by Gasteiger charge is -2.40. The topological polar surface area (TPSA) is 224 Å². The Kier molecular flexibility index (Phi) is 13.7. The highest BCUT2D eigenvalue weighted by atomic mass is 16.7. The van der Waals surface area contributed by atoms with Crippen LogP contribution in [0.3, 0.4) is 0 Å². The zero-order chi connectivity index (χ0) is 28.2. The van der Waals surface area contributed by atoms with Crippen LogP contribution in [0, 0.1) is 0 Å². The Hall–Kier alpha value is -1.99. The van der Waals surface area contributed by atoms with Gasteiger partial charge in [-0.05, 0) is 0 Å². The Balaban J connectivity index is 2.05. The van der Waals surface area contributed by atoms with Gasteiger partial charge in [-0.15, -0.1) is 0 Å². The number of ether oxygens (including phenoxy) is 1. The summed E-state index contributed by atoms with van der Waals surface area (Å²) in [5, 5.41) is 68.9. The smallest absolute Gasteiger partial charge is 0.317 e. The van der Waals surface area contributed by atoms with Crippen molar-refractivity contribution in [2.75, 3.05) is 85.2 Å². The fourth-order valence-electron chi connectivity index (χ4n) is 4.41. The molecule has 0 spiro atoms. The van der Waals surface area contributed by atoms with Crippen LogP contribution in [0.2, 0.25) is 0 Å². The number of hydrogen-bond acceptors (Lipinski definition) is 13. The Morgan fingerprint density at radius 1 is 0.658 bits per heavy atom. The third-order valence-corrected chi connectivity index (χ3v) is 6.54. The zero-order valence-corrected chi connectivity index (χ0v) is 21.2. The minimum absolute atomic E-state index is 0.0208. The van der Waals surface area contributed by atoms with E-state index in [2.05, 4.69) is 0 Å². The van der Waals surface area contributed by atoms with Crippen molar-refractivity contribution in [3.63, 3.8) is 0 Å². The van der Waals surface area contributed by atoms with Crippen molar-refractivity contribution in [1.82, 2.24) is 19.8 Å². The van der Waals surface area contributed by atoms with Gasteiger partial charge in [0, 0.05) is 58.8 Å². The number of rotatable bonds is 11. The summed E-state index contributed by atoms with van der Waals surface area (Å²) in [4.78, 5) is 44.8. The van der Waals surface area contributed by atoms with Gasteiger partial charge in [0.15, 0.2) is 0 Å². The molecule has 16 heteroatoms. The number of aliphatic carboxylic acids is 3. The molecule has 2 saturated heterocycles. The van der Waals surface area contributed by atoms with Crippen LogP contribution >= 0.6 is 0 Å². The van der Waals surface area contributed by atoms with Crippen LogP contribution in [-0.4, -0.2) is 189 Å². The molecular weight excluding hydrogens is 512 g/mol. The summed E-state index contributed by atoms with van der Waals surface area (Å²) in [6, 6.07) is 0. The van der Waals surface area contributed by atoms with E-state index in [1.807, 2.05) is 0 Å². The molecule has 5 atom stereocenters. The molecule has 0 aromatic carbocycles. The summed E-state index contributed by atoms with van der Waals surface area (Å²) in [5.74, 6) is -3.11. The summed E-state index contributed by atoms with van der Waals surface area (Å²) >= 11 is 0. The molecule has 2 aliphatic heterocycles. The fraction of sp³-hybridized carbons (Fsp3) is 0.864. The first kappa shape index (κ1) is 32.2. The van der Waals surface area contributed by atoms with E-state index < -0.39 is 55.0 Å². The van der Waals surface area contributed by atoms with Crippen molar-refractivity contribution in [1.29, 1.82) is 0 Å². The van der Waals surface area contributed by atoms with Gasteiger partial charge in [0.25, 0.3) is 0 Å². The van der Waals surface area contributed by atoms with Crippen LogP contribution in [-0.2, 0) is 24.0 Å². The van der Waals surface area contributed by atoms with Gasteiger partial charge >= 0.3 is 17.9 Å². The van der Waals surface area contributed by atoms with Gasteiger partial charge in [-0.25, -0.2) is 0 Å². The van der Waals surface area contributed by atoms with Gasteiger partial charge in [-0.1, -0.05) is 0 Å². The number of carboxylic acid groups (broad SMARTS) is 3. The van der Waals surface area contributed by atoms with Gasteiger partial charge in [0.2, 0.25) is 0 Å². The van der Waals surface area contributed by atoms with Crippen LogP contribution in [0.25, 0.3) is 0 Å². The molecule has 0 saturated carbocycles. The lowest BCUT2D eigenvalue weighted by molar-refractivity contribution is -0.239. The Morgan fingerprint density at radius 2 is 1.05 bits per heavy atom. The molecule has 2 heterocycles. The SMILES string of the molecule is O=C(O)CN1CCN(CC(=O)O)CCN(OCC[C@@H]2O[C@H](CO)[C@H](O)[C@H](O)[C@H]2O)CCN(CC(=O)O)CC1. The first-order valence-electron chi connectivity index (χ1n) is 12.5. The van der Waals surface area contributed by atoms with Gasteiger partial charge in [-0.2, -0.15) is 5.06 Å². The lowest BCUT2D eigenvalue weighted by atomic mass is 9.94. The molecule has 220 valence electrons. The number of hydrogen-bond donors (Lipinski definition) is 7. The first-order chi connectivity index (χ1) is 18.0. The van der Waals surface area contributed by atoms with E-state index in [0.717, 1.165) is 0 Å². The van der Waals surface area contributed by atoms with Gasteiger partial charge in [0.1, 0.15) is 24.4 Å². The summed E-state index contributed by atoms with van der Waals surface area (Å²) in [6.45, 7) is 0.849. The molecule has 2 fully saturated rings. The van der Waals surface area contributed by atoms with Crippen molar-refractivity contribution < 1.29 is 59.7 Å². The molecule has 0 aliphatic carbocycles. The van der Waals surface area contributed by atoms with Crippen molar-refractivity contribution in [3.8, 4) is 0 Å². The number of carboxylic acids is 3. The first-order valence-corrected chi connectivity index (χ1v) is 12.5. The zero-order valence-electron chi connectivity index (χ0n) is 21.2. The summed E-state index contributed by atoms with van der Waals surface area (Å²) in [7, 11) is 0. The predicted molar refractivity (Wildman–Crippen MR) is 128 cm³/mol. The number of hydroxylamine groups is 2. The largest absolute Gasteiger partial charge is 0.480 e. The van der Waals surface area contributed by atoms with Crippen LogP contribution in [0.1, 0.15) is 6.42 Å². The van der Waals surface area contributed by atoms with Crippen molar-refractivity contribution in [3.05, 3.63) is 0 Å².